The molecule has 0 saturated carbocycles. The Bertz CT molecular complexity index is 369. The summed E-state index contributed by atoms with van der Waals surface area (Å²) in [7, 11) is 0. The van der Waals surface area contributed by atoms with Gasteiger partial charge < -0.3 is 0 Å². The van der Waals surface area contributed by atoms with Crippen LogP contribution in [0, 0.1) is 0 Å². The third-order valence-corrected chi connectivity index (χ3v) is 1.59. The van der Waals surface area contributed by atoms with Crippen molar-refractivity contribution >= 4 is 12.2 Å². The van der Waals surface area contributed by atoms with Crippen LogP contribution in [0.15, 0.2) is 48.0 Å². The molecule has 0 aliphatic carbocycles. The fraction of sp³-hybridized carbons (Fsp3) is 0. The van der Waals surface area contributed by atoms with Crippen LogP contribution < -0.4 is 0 Å². The molecule has 0 spiro atoms. The molecule has 0 N–H and O–H groups in total. The molecule has 0 aliphatic heterocycles. The van der Waals surface area contributed by atoms with Crippen molar-refractivity contribution in [2.45, 2.75) is 0 Å². The van der Waals surface area contributed by atoms with Crippen molar-refractivity contribution in [1.29, 1.82) is 0 Å². The number of nitrogens with zero attached hydrogens (tertiary/aromatic N) is 4. The maximum Gasteiger partial charge on any atom is 0.249 e. The molecule has 0 atom stereocenters. The molecule has 0 unspecified atom stereocenters. The van der Waals surface area contributed by atoms with Gasteiger partial charge in [0, 0.05) is 31.0 Å². The molecule has 0 aromatic carbocycles. The van der Waals surface area contributed by atoms with Gasteiger partial charge in [0.1, 0.15) is 0 Å². The zero-order valence-corrected chi connectivity index (χ0v) is 7.41. The number of pyridine rings is 1. The molecule has 4 nitrogen and oxygen atoms in total. The van der Waals surface area contributed by atoms with Crippen molar-refractivity contribution in [3.63, 3.8) is 0 Å². The van der Waals surface area contributed by atoms with Gasteiger partial charge in [-0.15, -0.1) is 0 Å². The summed E-state index contributed by atoms with van der Waals surface area (Å²) in [6, 6.07) is 5.49. The highest BCUT2D eigenvalue weighted by molar-refractivity contribution is 5.80. The van der Waals surface area contributed by atoms with Crippen molar-refractivity contribution in [2.24, 2.45) is 4.99 Å². The second kappa shape index (κ2) is 4.23. The van der Waals surface area contributed by atoms with Gasteiger partial charge in [0.25, 0.3) is 0 Å². The van der Waals surface area contributed by atoms with Crippen LogP contribution in [0.25, 0.3) is 0 Å². The number of aliphatic imine (C=N–C) groups is 1. The second-order valence-electron chi connectivity index (χ2n) is 2.59. The lowest BCUT2D eigenvalue weighted by molar-refractivity contribution is 1.14. The Balaban J connectivity index is 2.16. The van der Waals surface area contributed by atoms with E-state index in [-0.39, 0.29) is 0 Å². The molecule has 14 heavy (non-hydrogen) atoms. The van der Waals surface area contributed by atoms with Gasteiger partial charge in [0.15, 0.2) is 0 Å². The highest BCUT2D eigenvalue weighted by Gasteiger charge is 1.88. The van der Waals surface area contributed by atoms with Crippen molar-refractivity contribution in [3.05, 3.63) is 48.5 Å². The van der Waals surface area contributed by atoms with E-state index >= 15 is 0 Å². The number of rotatable bonds is 2. The molecule has 2 rings (SSSR count). The Labute approximate surface area is 81.4 Å². The first-order valence-electron chi connectivity index (χ1n) is 4.16. The molecule has 0 amide bonds. The van der Waals surface area contributed by atoms with Crippen molar-refractivity contribution < 1.29 is 0 Å². The molecule has 4 heteroatoms. The van der Waals surface area contributed by atoms with E-state index in [0.29, 0.717) is 5.95 Å². The van der Waals surface area contributed by atoms with Crippen LogP contribution >= 0.6 is 0 Å². The first-order valence-corrected chi connectivity index (χ1v) is 4.16. The highest BCUT2D eigenvalue weighted by Crippen LogP contribution is 2.00. The molecule has 0 aliphatic rings. The summed E-state index contributed by atoms with van der Waals surface area (Å²) in [5.41, 5.74) is 0.979. The predicted octanol–water partition coefficient (Wildman–Crippen LogP) is 1.62. The standard InChI is InChI=1S/C10H8N4/c1-4-12-10(13-5-1)14-8-9-2-6-11-7-3-9/h1-8H. The largest absolute Gasteiger partial charge is 0.265 e. The van der Waals surface area contributed by atoms with Gasteiger partial charge in [-0.05, 0) is 23.8 Å². The maximum atomic E-state index is 4.10. The van der Waals surface area contributed by atoms with E-state index in [1.165, 1.54) is 0 Å². The van der Waals surface area contributed by atoms with Gasteiger partial charge in [-0.1, -0.05) is 0 Å². The van der Waals surface area contributed by atoms with Crippen LogP contribution in [0.5, 0.6) is 0 Å². The zero-order valence-electron chi connectivity index (χ0n) is 7.41. The van der Waals surface area contributed by atoms with Crippen LogP contribution in [0.3, 0.4) is 0 Å². The third kappa shape index (κ3) is 2.20. The van der Waals surface area contributed by atoms with Gasteiger partial charge in [0.05, 0.1) is 0 Å². The minimum absolute atomic E-state index is 0.462. The van der Waals surface area contributed by atoms with Crippen LogP contribution in [-0.2, 0) is 0 Å². The van der Waals surface area contributed by atoms with Crippen LogP contribution in [-0.4, -0.2) is 21.2 Å². The minimum atomic E-state index is 0.462. The molecular weight excluding hydrogens is 176 g/mol. The Morgan fingerprint density at radius 2 is 1.71 bits per heavy atom. The molecule has 2 aromatic heterocycles. The first kappa shape index (κ1) is 8.50. The van der Waals surface area contributed by atoms with E-state index in [1.807, 2.05) is 12.1 Å². The predicted molar refractivity (Wildman–Crippen MR) is 53.5 cm³/mol. The number of aromatic nitrogens is 3. The van der Waals surface area contributed by atoms with Crippen LogP contribution in [0.1, 0.15) is 5.56 Å². The summed E-state index contributed by atoms with van der Waals surface area (Å²) in [5, 5.41) is 0. The monoisotopic (exact) mass is 184 g/mol. The number of hydrogen-bond donors (Lipinski definition) is 0. The van der Waals surface area contributed by atoms with Crippen molar-refractivity contribution in [1.82, 2.24) is 15.0 Å². The number of hydrogen-bond acceptors (Lipinski definition) is 4. The third-order valence-electron chi connectivity index (χ3n) is 1.59. The maximum absolute atomic E-state index is 4.10. The molecule has 2 aromatic rings. The lowest BCUT2D eigenvalue weighted by Gasteiger charge is -1.90. The summed E-state index contributed by atoms with van der Waals surface area (Å²) in [6.45, 7) is 0. The zero-order chi connectivity index (χ0) is 9.64. The van der Waals surface area contributed by atoms with E-state index < -0.39 is 0 Å². The van der Waals surface area contributed by atoms with Gasteiger partial charge in [0.2, 0.25) is 5.95 Å². The Morgan fingerprint density at radius 1 is 1.00 bits per heavy atom. The summed E-state index contributed by atoms with van der Waals surface area (Å²) in [6.07, 6.45) is 8.45. The molecule has 2 heterocycles. The molecule has 0 fully saturated rings. The lowest BCUT2D eigenvalue weighted by Crippen LogP contribution is -1.82. The van der Waals surface area contributed by atoms with E-state index in [0.717, 1.165) is 5.56 Å². The van der Waals surface area contributed by atoms with Crippen LogP contribution in [0.4, 0.5) is 5.95 Å². The Kier molecular flexibility index (Phi) is 2.56. The summed E-state index contributed by atoms with van der Waals surface area (Å²) >= 11 is 0. The quantitative estimate of drug-likeness (QED) is 0.666. The van der Waals surface area contributed by atoms with Gasteiger partial charge in [-0.25, -0.2) is 15.0 Å². The highest BCUT2D eigenvalue weighted by atomic mass is 15.0. The minimum Gasteiger partial charge on any atom is -0.265 e. The van der Waals surface area contributed by atoms with Crippen molar-refractivity contribution in [2.75, 3.05) is 0 Å². The molecule has 0 saturated heterocycles. The summed E-state index contributed by atoms with van der Waals surface area (Å²) in [5.74, 6) is 0.462. The topological polar surface area (TPSA) is 51.0 Å². The summed E-state index contributed by atoms with van der Waals surface area (Å²) in [4.78, 5) is 15.9. The Hall–Kier alpha value is -2.10. The molecule has 68 valence electrons. The average molecular weight is 184 g/mol. The van der Waals surface area contributed by atoms with E-state index in [9.17, 15) is 0 Å². The first-order chi connectivity index (χ1) is 6.95. The molecule has 0 radical (unpaired) electrons. The lowest BCUT2D eigenvalue weighted by atomic mass is 10.3. The van der Waals surface area contributed by atoms with Gasteiger partial charge in [-0.3, -0.25) is 4.98 Å². The van der Waals surface area contributed by atoms with E-state index in [4.69, 9.17) is 0 Å². The van der Waals surface area contributed by atoms with Gasteiger partial charge in [-0.2, -0.15) is 0 Å². The summed E-state index contributed by atoms with van der Waals surface area (Å²) < 4.78 is 0. The van der Waals surface area contributed by atoms with Gasteiger partial charge >= 0.3 is 0 Å². The van der Waals surface area contributed by atoms with E-state index in [2.05, 4.69) is 19.9 Å². The van der Waals surface area contributed by atoms with Crippen LogP contribution in [0.2, 0.25) is 0 Å². The van der Waals surface area contributed by atoms with Crippen molar-refractivity contribution in [3.8, 4) is 0 Å². The second-order valence-corrected chi connectivity index (χ2v) is 2.59. The normalized spacial score (nSPS) is 10.6. The molecular formula is C10H8N4. The molecule has 0 bridgehead atoms. The van der Waals surface area contributed by atoms with E-state index in [1.54, 1.807) is 37.1 Å². The Morgan fingerprint density at radius 3 is 2.43 bits per heavy atom. The average Bonchev–Trinajstić information content (AvgIpc) is 2.29. The SMILES string of the molecule is C(=Nc1ncccn1)c1ccncc1. The smallest absolute Gasteiger partial charge is 0.249 e. The fourth-order valence-electron chi connectivity index (χ4n) is 0.940. The fourth-order valence-corrected chi connectivity index (χ4v) is 0.940.